The number of benzene rings is 1. The third-order valence-corrected chi connectivity index (χ3v) is 3.61. The number of carboxylic acid groups (broad SMARTS) is 1. The molecule has 0 spiro atoms. The van der Waals surface area contributed by atoms with Gasteiger partial charge in [0.1, 0.15) is 12.1 Å². The van der Waals surface area contributed by atoms with Crippen molar-refractivity contribution in [3.05, 3.63) is 47.4 Å². The minimum Gasteiger partial charge on any atom is -0.481 e. The van der Waals surface area contributed by atoms with E-state index in [4.69, 9.17) is 9.84 Å². The van der Waals surface area contributed by atoms with Crippen LogP contribution in [0.15, 0.2) is 30.6 Å². The standard InChI is InChI=1S/C16H16N2O3/c19-15(20)9-11-5-1-4-8-14(11)21-16-12-6-2-3-7-13(12)17-10-18-16/h1,4-5,8,10H,2-3,6-7,9H2,(H,19,20). The van der Waals surface area contributed by atoms with E-state index in [1.165, 1.54) is 6.33 Å². The van der Waals surface area contributed by atoms with Crippen LogP contribution in [0.3, 0.4) is 0 Å². The first-order valence-corrected chi connectivity index (χ1v) is 7.04. The molecule has 1 N–H and O–H groups in total. The number of rotatable bonds is 4. The van der Waals surface area contributed by atoms with E-state index in [2.05, 4.69) is 9.97 Å². The van der Waals surface area contributed by atoms with Gasteiger partial charge in [-0.25, -0.2) is 9.97 Å². The molecule has 1 aliphatic carbocycles. The van der Waals surface area contributed by atoms with E-state index in [0.717, 1.165) is 36.9 Å². The Morgan fingerprint density at radius 3 is 2.86 bits per heavy atom. The van der Waals surface area contributed by atoms with E-state index < -0.39 is 5.97 Å². The molecule has 1 aliphatic rings. The predicted octanol–water partition coefficient (Wildman–Crippen LogP) is 2.77. The van der Waals surface area contributed by atoms with Gasteiger partial charge < -0.3 is 9.84 Å². The summed E-state index contributed by atoms with van der Waals surface area (Å²) in [5.74, 6) is 0.222. The van der Waals surface area contributed by atoms with Crippen molar-refractivity contribution in [3.63, 3.8) is 0 Å². The van der Waals surface area contributed by atoms with E-state index in [1.54, 1.807) is 18.2 Å². The summed E-state index contributed by atoms with van der Waals surface area (Å²) in [5.41, 5.74) is 2.74. The molecule has 1 aromatic carbocycles. The molecule has 5 heteroatoms. The fraction of sp³-hybridized carbons (Fsp3) is 0.312. The Balaban J connectivity index is 1.92. The predicted molar refractivity (Wildman–Crippen MR) is 76.5 cm³/mol. The van der Waals surface area contributed by atoms with Crippen molar-refractivity contribution in [1.82, 2.24) is 9.97 Å². The van der Waals surface area contributed by atoms with Gasteiger partial charge in [-0.3, -0.25) is 4.79 Å². The molecule has 0 unspecified atom stereocenters. The Hall–Kier alpha value is -2.43. The third-order valence-electron chi connectivity index (χ3n) is 3.61. The van der Waals surface area contributed by atoms with Gasteiger partial charge in [-0.1, -0.05) is 18.2 Å². The molecule has 0 radical (unpaired) electrons. The van der Waals surface area contributed by atoms with Crippen LogP contribution in [0.25, 0.3) is 0 Å². The molecule has 1 heterocycles. The van der Waals surface area contributed by atoms with Crippen LogP contribution in [0.4, 0.5) is 0 Å². The minimum absolute atomic E-state index is 0.0660. The summed E-state index contributed by atoms with van der Waals surface area (Å²) in [6, 6.07) is 7.17. The molecule has 5 nitrogen and oxygen atoms in total. The fourth-order valence-corrected chi connectivity index (χ4v) is 2.60. The summed E-state index contributed by atoms with van der Waals surface area (Å²) in [6.07, 6.45) is 5.55. The molecule has 0 amide bonds. The van der Waals surface area contributed by atoms with E-state index in [1.807, 2.05) is 6.07 Å². The molecule has 1 aromatic heterocycles. The second kappa shape index (κ2) is 5.91. The highest BCUT2D eigenvalue weighted by Gasteiger charge is 2.18. The first-order chi connectivity index (χ1) is 10.2. The Morgan fingerprint density at radius 2 is 2.00 bits per heavy atom. The number of aryl methyl sites for hydroxylation is 1. The molecular formula is C16H16N2O3. The average Bonchev–Trinajstić information content (AvgIpc) is 2.49. The van der Waals surface area contributed by atoms with Crippen molar-refractivity contribution < 1.29 is 14.6 Å². The van der Waals surface area contributed by atoms with Gasteiger partial charge in [-0.05, 0) is 31.7 Å². The van der Waals surface area contributed by atoms with Crippen LogP contribution < -0.4 is 4.74 Å². The van der Waals surface area contributed by atoms with Crippen molar-refractivity contribution in [2.24, 2.45) is 0 Å². The van der Waals surface area contributed by atoms with E-state index in [0.29, 0.717) is 17.2 Å². The zero-order valence-corrected chi connectivity index (χ0v) is 11.6. The topological polar surface area (TPSA) is 72.3 Å². The van der Waals surface area contributed by atoms with Crippen molar-refractivity contribution in [3.8, 4) is 11.6 Å². The number of hydrogen-bond donors (Lipinski definition) is 1. The lowest BCUT2D eigenvalue weighted by Crippen LogP contribution is -2.09. The summed E-state index contributed by atoms with van der Waals surface area (Å²) in [7, 11) is 0. The van der Waals surface area contributed by atoms with Crippen LogP contribution in [-0.2, 0) is 24.1 Å². The minimum atomic E-state index is -0.879. The number of carbonyl (C=O) groups is 1. The molecule has 108 valence electrons. The zero-order valence-electron chi connectivity index (χ0n) is 11.6. The summed E-state index contributed by atoms with van der Waals surface area (Å²) in [5, 5.41) is 8.97. The number of carboxylic acids is 1. The molecule has 0 bridgehead atoms. The summed E-state index contributed by atoms with van der Waals surface area (Å²) in [4.78, 5) is 19.5. The Labute approximate surface area is 122 Å². The molecule has 3 rings (SSSR count). The molecule has 21 heavy (non-hydrogen) atoms. The van der Waals surface area contributed by atoms with Gasteiger partial charge in [0.15, 0.2) is 0 Å². The van der Waals surface area contributed by atoms with Gasteiger partial charge in [-0.15, -0.1) is 0 Å². The number of aliphatic carboxylic acids is 1. The van der Waals surface area contributed by atoms with Crippen LogP contribution in [0, 0.1) is 0 Å². The van der Waals surface area contributed by atoms with Crippen molar-refractivity contribution in [2.75, 3.05) is 0 Å². The highest BCUT2D eigenvalue weighted by atomic mass is 16.5. The SMILES string of the molecule is O=C(O)Cc1ccccc1Oc1ncnc2c1CCCC2. The highest BCUT2D eigenvalue weighted by molar-refractivity contribution is 5.71. The highest BCUT2D eigenvalue weighted by Crippen LogP contribution is 2.31. The molecular weight excluding hydrogens is 268 g/mol. The molecule has 0 saturated carbocycles. The number of fused-ring (bicyclic) bond motifs is 1. The lowest BCUT2D eigenvalue weighted by atomic mass is 9.97. The number of nitrogens with zero attached hydrogens (tertiary/aromatic N) is 2. The fourth-order valence-electron chi connectivity index (χ4n) is 2.60. The van der Waals surface area contributed by atoms with Crippen molar-refractivity contribution in [2.45, 2.75) is 32.1 Å². The maximum atomic E-state index is 10.9. The Bertz CT molecular complexity index is 670. The van der Waals surface area contributed by atoms with Gasteiger partial charge in [0, 0.05) is 11.1 Å². The van der Waals surface area contributed by atoms with Crippen LogP contribution in [0.2, 0.25) is 0 Å². The number of ether oxygens (including phenoxy) is 1. The molecule has 0 atom stereocenters. The Morgan fingerprint density at radius 1 is 1.19 bits per heavy atom. The second-order valence-electron chi connectivity index (χ2n) is 5.09. The van der Waals surface area contributed by atoms with Gasteiger partial charge in [0.05, 0.1) is 12.1 Å². The average molecular weight is 284 g/mol. The van der Waals surface area contributed by atoms with E-state index in [9.17, 15) is 4.79 Å². The number of aromatic nitrogens is 2. The first-order valence-electron chi connectivity index (χ1n) is 7.04. The smallest absolute Gasteiger partial charge is 0.307 e. The van der Waals surface area contributed by atoms with E-state index in [-0.39, 0.29) is 6.42 Å². The molecule has 0 fully saturated rings. The first kappa shape index (κ1) is 13.5. The summed E-state index contributed by atoms with van der Waals surface area (Å²) < 4.78 is 5.89. The van der Waals surface area contributed by atoms with Gasteiger partial charge in [0.2, 0.25) is 5.88 Å². The normalized spacial score (nSPS) is 13.5. The molecule has 0 aliphatic heterocycles. The Kier molecular flexibility index (Phi) is 3.81. The number of para-hydroxylation sites is 1. The quantitative estimate of drug-likeness (QED) is 0.934. The van der Waals surface area contributed by atoms with Crippen LogP contribution in [0.5, 0.6) is 11.6 Å². The van der Waals surface area contributed by atoms with E-state index >= 15 is 0 Å². The van der Waals surface area contributed by atoms with Gasteiger partial charge in [0.25, 0.3) is 0 Å². The van der Waals surface area contributed by atoms with Crippen LogP contribution in [-0.4, -0.2) is 21.0 Å². The zero-order chi connectivity index (χ0) is 14.7. The second-order valence-corrected chi connectivity index (χ2v) is 5.09. The van der Waals surface area contributed by atoms with Gasteiger partial charge >= 0.3 is 5.97 Å². The number of hydrogen-bond acceptors (Lipinski definition) is 4. The van der Waals surface area contributed by atoms with Crippen molar-refractivity contribution >= 4 is 5.97 Å². The molecule has 0 saturated heterocycles. The van der Waals surface area contributed by atoms with Crippen molar-refractivity contribution in [1.29, 1.82) is 0 Å². The summed E-state index contributed by atoms with van der Waals surface area (Å²) in [6.45, 7) is 0. The third kappa shape index (κ3) is 3.02. The maximum Gasteiger partial charge on any atom is 0.307 e. The van der Waals surface area contributed by atoms with Gasteiger partial charge in [-0.2, -0.15) is 0 Å². The van der Waals surface area contributed by atoms with Crippen LogP contribution >= 0.6 is 0 Å². The summed E-state index contributed by atoms with van der Waals surface area (Å²) >= 11 is 0. The van der Waals surface area contributed by atoms with Crippen LogP contribution in [0.1, 0.15) is 29.7 Å². The lowest BCUT2D eigenvalue weighted by Gasteiger charge is -2.18. The lowest BCUT2D eigenvalue weighted by molar-refractivity contribution is -0.136. The largest absolute Gasteiger partial charge is 0.481 e. The maximum absolute atomic E-state index is 10.9. The monoisotopic (exact) mass is 284 g/mol. The molecule has 2 aromatic rings.